The number of carbonyl (C=O) groups is 1. The molecular weight excluding hydrogens is 441 g/mol. The van der Waals surface area contributed by atoms with Crippen molar-refractivity contribution in [1.82, 2.24) is 10.2 Å². The predicted octanol–water partition coefficient (Wildman–Crippen LogP) is 5.65. The average molecular weight is 473 g/mol. The molecule has 1 aliphatic heterocycles. The van der Waals surface area contributed by atoms with Crippen LogP contribution in [-0.2, 0) is 4.79 Å². The van der Waals surface area contributed by atoms with E-state index in [2.05, 4.69) is 39.3 Å². The first kappa shape index (κ1) is 24.3. The number of hydrogen-bond donors (Lipinski definition) is 1. The van der Waals surface area contributed by atoms with Gasteiger partial charge in [-0.2, -0.15) is 0 Å². The van der Waals surface area contributed by atoms with Gasteiger partial charge in [-0.1, -0.05) is 42.9 Å². The number of allylic oxidation sites excluding steroid dienone is 7. The highest BCUT2D eigenvalue weighted by Crippen LogP contribution is 2.34. The molecule has 2 unspecified atom stereocenters. The van der Waals surface area contributed by atoms with E-state index in [0.29, 0.717) is 18.4 Å². The van der Waals surface area contributed by atoms with Crippen molar-refractivity contribution in [2.75, 3.05) is 26.2 Å². The Labute approximate surface area is 198 Å². The number of alkyl halides is 3. The maximum absolute atomic E-state index is 13.4. The summed E-state index contributed by atoms with van der Waals surface area (Å²) < 4.78 is 42.2. The minimum Gasteiger partial charge on any atom is -0.406 e. The molecule has 1 N–H and O–H groups in total. The highest BCUT2D eigenvalue weighted by molar-refractivity contribution is 5.99. The van der Waals surface area contributed by atoms with Gasteiger partial charge >= 0.3 is 6.36 Å². The fourth-order valence-corrected chi connectivity index (χ4v) is 4.81. The molecule has 7 heteroatoms. The van der Waals surface area contributed by atoms with Crippen LogP contribution in [0.2, 0.25) is 0 Å². The molecule has 1 saturated heterocycles. The Balaban J connectivity index is 1.60. The summed E-state index contributed by atoms with van der Waals surface area (Å²) in [6.07, 6.45) is 8.51. The van der Waals surface area contributed by atoms with Crippen molar-refractivity contribution in [2.24, 2.45) is 11.8 Å². The number of hydrogen-bond acceptors (Lipinski definition) is 4. The van der Waals surface area contributed by atoms with Gasteiger partial charge in [0.1, 0.15) is 5.75 Å². The van der Waals surface area contributed by atoms with E-state index in [1.807, 2.05) is 6.92 Å². The molecule has 34 heavy (non-hydrogen) atoms. The zero-order valence-corrected chi connectivity index (χ0v) is 19.4. The standard InChI is InChI=1S/C27H31F3N2O2/c1-19-8-9-20-10-11-23(32-14-12-31-13-15-32)6-2-5-22(16-20)26(33)18-25(19)21-4-3-7-24(17-21)34-27(28,29)30/h3-4,6-7,9-11,17-19,22,31H,2,5,8,12-16H2,1H3. The molecule has 2 bridgehead atoms. The lowest BCUT2D eigenvalue weighted by atomic mass is 9.88. The van der Waals surface area contributed by atoms with Crippen LogP contribution in [-0.4, -0.2) is 43.2 Å². The van der Waals surface area contributed by atoms with Gasteiger partial charge in [0.15, 0.2) is 5.78 Å². The largest absolute Gasteiger partial charge is 0.573 e. The van der Waals surface area contributed by atoms with Gasteiger partial charge in [-0.15, -0.1) is 13.2 Å². The number of ketones is 1. The number of fused-ring (bicyclic) bond motifs is 2. The lowest BCUT2D eigenvalue weighted by Gasteiger charge is -2.30. The Morgan fingerprint density at radius 3 is 2.68 bits per heavy atom. The van der Waals surface area contributed by atoms with Crippen molar-refractivity contribution in [3.8, 4) is 5.75 Å². The molecule has 1 aromatic rings. The number of nitrogens with one attached hydrogen (secondary N) is 1. The van der Waals surface area contributed by atoms with E-state index in [1.54, 1.807) is 12.1 Å². The monoisotopic (exact) mass is 472 g/mol. The van der Waals surface area contributed by atoms with Crippen molar-refractivity contribution in [3.63, 3.8) is 0 Å². The second-order valence-electron chi connectivity index (χ2n) is 9.17. The van der Waals surface area contributed by atoms with Crippen LogP contribution in [0.4, 0.5) is 13.2 Å². The minimum absolute atomic E-state index is 0.0293. The summed E-state index contributed by atoms with van der Waals surface area (Å²) in [7, 11) is 0. The van der Waals surface area contributed by atoms with Crippen LogP contribution in [0.5, 0.6) is 5.75 Å². The molecule has 4 rings (SSSR count). The normalized spacial score (nSPS) is 24.4. The number of piperazine rings is 1. The van der Waals surface area contributed by atoms with E-state index in [-0.39, 0.29) is 23.4 Å². The Kier molecular flexibility index (Phi) is 7.61. The van der Waals surface area contributed by atoms with Crippen molar-refractivity contribution >= 4 is 11.4 Å². The van der Waals surface area contributed by atoms with Gasteiger partial charge in [-0.25, -0.2) is 0 Å². The maximum atomic E-state index is 13.4. The predicted molar refractivity (Wildman–Crippen MR) is 127 cm³/mol. The highest BCUT2D eigenvalue weighted by Gasteiger charge is 2.31. The quantitative estimate of drug-likeness (QED) is 0.617. The van der Waals surface area contributed by atoms with Gasteiger partial charge in [-0.05, 0) is 67.0 Å². The van der Waals surface area contributed by atoms with Crippen LogP contribution in [0.1, 0.15) is 38.2 Å². The molecule has 1 fully saturated rings. The molecule has 3 aliphatic rings. The van der Waals surface area contributed by atoms with E-state index in [9.17, 15) is 18.0 Å². The number of carbonyl (C=O) groups excluding carboxylic acids is 1. The number of ether oxygens (including phenoxy) is 1. The highest BCUT2D eigenvalue weighted by atomic mass is 19.4. The summed E-state index contributed by atoms with van der Waals surface area (Å²) in [6.45, 7) is 5.88. The summed E-state index contributed by atoms with van der Waals surface area (Å²) in [5, 5.41) is 3.38. The Bertz CT molecular complexity index is 1020. The van der Waals surface area contributed by atoms with Crippen LogP contribution in [0.25, 0.3) is 5.57 Å². The number of halogens is 3. The topological polar surface area (TPSA) is 41.6 Å². The van der Waals surface area contributed by atoms with E-state index in [1.165, 1.54) is 23.9 Å². The third-order valence-corrected chi connectivity index (χ3v) is 6.67. The number of benzene rings is 1. The third kappa shape index (κ3) is 6.41. The van der Waals surface area contributed by atoms with E-state index >= 15 is 0 Å². The Hall–Kier alpha value is -2.80. The minimum atomic E-state index is -4.76. The summed E-state index contributed by atoms with van der Waals surface area (Å²) in [4.78, 5) is 15.7. The molecule has 0 radical (unpaired) electrons. The maximum Gasteiger partial charge on any atom is 0.573 e. The van der Waals surface area contributed by atoms with E-state index in [4.69, 9.17) is 0 Å². The lowest BCUT2D eigenvalue weighted by molar-refractivity contribution is -0.274. The van der Waals surface area contributed by atoms with Crippen LogP contribution < -0.4 is 10.1 Å². The summed E-state index contributed by atoms with van der Waals surface area (Å²) in [5.74, 6) is -0.437. The van der Waals surface area contributed by atoms with Crippen molar-refractivity contribution in [2.45, 2.75) is 39.0 Å². The van der Waals surface area contributed by atoms with Crippen molar-refractivity contribution < 1.29 is 22.7 Å². The first-order chi connectivity index (χ1) is 16.3. The molecular formula is C27H31F3N2O2. The van der Waals surface area contributed by atoms with Gasteiger partial charge in [0, 0.05) is 37.8 Å². The SMILES string of the molecule is CC1CC=C2C=CC(N3CCNCC3)=CCCC(C2)C(=O)C=C1c1cccc(OC(F)(F)F)c1. The van der Waals surface area contributed by atoms with E-state index < -0.39 is 6.36 Å². The third-order valence-electron chi connectivity index (χ3n) is 6.67. The van der Waals surface area contributed by atoms with Crippen LogP contribution in [0, 0.1) is 11.8 Å². The van der Waals surface area contributed by atoms with Crippen LogP contribution in [0.15, 0.2) is 65.9 Å². The molecule has 0 aromatic heterocycles. The van der Waals surface area contributed by atoms with Crippen molar-refractivity contribution in [3.05, 3.63) is 71.5 Å². The average Bonchev–Trinajstić information content (AvgIpc) is 2.94. The first-order valence-corrected chi connectivity index (χ1v) is 11.9. The number of rotatable bonds is 3. The summed E-state index contributed by atoms with van der Waals surface area (Å²) in [5.41, 5.74) is 3.68. The van der Waals surface area contributed by atoms with Crippen LogP contribution >= 0.6 is 0 Å². The second kappa shape index (κ2) is 10.6. The summed E-state index contributed by atoms with van der Waals surface area (Å²) >= 11 is 0. The van der Waals surface area contributed by atoms with Gasteiger partial charge < -0.3 is 15.0 Å². The molecule has 1 heterocycles. The Morgan fingerprint density at radius 2 is 1.91 bits per heavy atom. The fourth-order valence-electron chi connectivity index (χ4n) is 4.81. The van der Waals surface area contributed by atoms with Gasteiger partial charge in [0.05, 0.1) is 0 Å². The number of nitrogens with zero attached hydrogens (tertiary/aromatic N) is 1. The fraction of sp³-hybridized carbons (Fsp3) is 0.444. The Morgan fingerprint density at radius 1 is 1.12 bits per heavy atom. The van der Waals surface area contributed by atoms with Gasteiger partial charge in [-0.3, -0.25) is 4.79 Å². The first-order valence-electron chi connectivity index (χ1n) is 11.9. The zero-order valence-electron chi connectivity index (χ0n) is 19.4. The molecule has 2 atom stereocenters. The molecule has 2 aliphatic carbocycles. The molecule has 182 valence electrons. The van der Waals surface area contributed by atoms with Crippen molar-refractivity contribution in [1.29, 1.82) is 0 Å². The smallest absolute Gasteiger partial charge is 0.406 e. The second-order valence-corrected chi connectivity index (χ2v) is 9.17. The van der Waals surface area contributed by atoms with Gasteiger partial charge in [0.2, 0.25) is 0 Å². The molecule has 4 nitrogen and oxygen atoms in total. The van der Waals surface area contributed by atoms with Crippen LogP contribution in [0.3, 0.4) is 0 Å². The molecule has 0 spiro atoms. The molecule has 0 amide bonds. The lowest BCUT2D eigenvalue weighted by Crippen LogP contribution is -2.42. The zero-order chi connectivity index (χ0) is 24.1. The van der Waals surface area contributed by atoms with Gasteiger partial charge in [0.25, 0.3) is 0 Å². The van der Waals surface area contributed by atoms with E-state index in [0.717, 1.165) is 50.2 Å². The summed E-state index contributed by atoms with van der Waals surface area (Å²) in [6, 6.07) is 5.91. The molecule has 1 aromatic carbocycles. The molecule has 0 saturated carbocycles.